The number of carbonyl (C=O) groups is 2. The van der Waals surface area contributed by atoms with Crippen LogP contribution in [0.1, 0.15) is 63.5 Å². The molecular weight excluding hydrogens is 519 g/mol. The molecule has 0 unspecified atom stereocenters. The van der Waals surface area contributed by atoms with Gasteiger partial charge in [0.25, 0.3) is 0 Å². The van der Waals surface area contributed by atoms with Crippen LogP contribution in [-0.4, -0.2) is 72.7 Å². The van der Waals surface area contributed by atoms with E-state index >= 15 is 0 Å². The van der Waals surface area contributed by atoms with Gasteiger partial charge in [0.15, 0.2) is 5.65 Å². The van der Waals surface area contributed by atoms with Gasteiger partial charge in [0.05, 0.1) is 24.5 Å². The predicted octanol–water partition coefficient (Wildman–Crippen LogP) is 5.04. The van der Waals surface area contributed by atoms with Crippen LogP contribution < -0.4 is 10.2 Å². The van der Waals surface area contributed by atoms with Crippen molar-refractivity contribution >= 4 is 35.2 Å². The van der Waals surface area contributed by atoms with Gasteiger partial charge in [0.2, 0.25) is 0 Å². The first-order valence-corrected chi connectivity index (χ1v) is 13.5. The van der Waals surface area contributed by atoms with Gasteiger partial charge in [-0.3, -0.25) is 0 Å². The van der Waals surface area contributed by atoms with Gasteiger partial charge in [-0.2, -0.15) is 9.61 Å². The van der Waals surface area contributed by atoms with Gasteiger partial charge in [-0.15, -0.1) is 0 Å². The lowest BCUT2D eigenvalue weighted by Gasteiger charge is -2.34. The molecule has 3 heterocycles. The third kappa shape index (κ3) is 5.81. The number of ether oxygens (including phenoxy) is 1. The molecule has 0 spiro atoms. The third-order valence-electron chi connectivity index (χ3n) is 7.17. The number of aliphatic hydroxyl groups excluding tert-OH is 1. The molecule has 0 bridgehead atoms. The van der Waals surface area contributed by atoms with Crippen molar-refractivity contribution in [1.29, 1.82) is 0 Å². The smallest absolute Gasteiger partial charge is 0.420 e. The Bertz CT molecular complexity index is 1410. The number of β-amino-alcohol motifs (C(OH)–C–C–N with tert-alkyl or cyclic N) is 1. The van der Waals surface area contributed by atoms with Crippen LogP contribution in [0, 0.1) is 12.7 Å². The molecule has 2 atom stereocenters. The first-order chi connectivity index (χ1) is 18.9. The minimum Gasteiger partial charge on any atom is -0.465 e. The fraction of sp³-hybridized carbons (Fsp3) is 0.500. The van der Waals surface area contributed by atoms with Crippen LogP contribution >= 0.6 is 0 Å². The van der Waals surface area contributed by atoms with Gasteiger partial charge < -0.3 is 25.2 Å². The summed E-state index contributed by atoms with van der Waals surface area (Å²) >= 11 is 0. The molecule has 214 valence electrons. The number of rotatable bonds is 5. The molecule has 12 heteroatoms. The second-order valence-corrected chi connectivity index (χ2v) is 11.7. The van der Waals surface area contributed by atoms with Crippen molar-refractivity contribution in [3.05, 3.63) is 47.4 Å². The monoisotopic (exact) mass is 554 g/mol. The van der Waals surface area contributed by atoms with E-state index in [2.05, 4.69) is 10.4 Å². The molecule has 3 aromatic rings. The average Bonchev–Trinajstić information content (AvgIpc) is 3.19. The van der Waals surface area contributed by atoms with E-state index in [1.807, 2.05) is 0 Å². The summed E-state index contributed by atoms with van der Waals surface area (Å²) in [4.78, 5) is 32.6. The van der Waals surface area contributed by atoms with Crippen LogP contribution in [-0.2, 0) is 4.74 Å². The number of benzene rings is 1. The molecule has 0 radical (unpaired) electrons. The normalized spacial score (nSPS) is 19.8. The van der Waals surface area contributed by atoms with Crippen LogP contribution in [0.3, 0.4) is 0 Å². The second-order valence-electron chi connectivity index (χ2n) is 11.7. The molecule has 2 fully saturated rings. The van der Waals surface area contributed by atoms with E-state index < -0.39 is 35.8 Å². The van der Waals surface area contributed by atoms with E-state index in [4.69, 9.17) is 9.72 Å². The molecule has 11 nitrogen and oxygen atoms in total. The number of amides is 2. The summed E-state index contributed by atoms with van der Waals surface area (Å²) in [5, 5.41) is 27.7. The molecule has 3 N–H and O–H groups in total. The van der Waals surface area contributed by atoms with E-state index in [1.54, 1.807) is 50.5 Å². The van der Waals surface area contributed by atoms with E-state index in [9.17, 15) is 24.2 Å². The van der Waals surface area contributed by atoms with E-state index in [1.165, 1.54) is 17.0 Å². The lowest BCUT2D eigenvalue weighted by atomic mass is 9.81. The zero-order chi connectivity index (χ0) is 28.8. The van der Waals surface area contributed by atoms with Crippen molar-refractivity contribution in [1.82, 2.24) is 19.5 Å². The number of fused-ring (bicyclic) bond motifs is 1. The van der Waals surface area contributed by atoms with Crippen LogP contribution in [0.5, 0.6) is 0 Å². The highest BCUT2D eigenvalue weighted by molar-refractivity contribution is 5.96. The first-order valence-electron chi connectivity index (χ1n) is 13.5. The Balaban J connectivity index is 1.64. The predicted molar refractivity (Wildman–Crippen MR) is 147 cm³/mol. The number of halogens is 1. The fourth-order valence-corrected chi connectivity index (χ4v) is 5.23. The molecule has 1 aliphatic heterocycles. The number of likely N-dealkylation sites (tertiary alicyclic amines) is 1. The minimum atomic E-state index is -1.12. The number of hydrogen-bond acceptors (Lipinski definition) is 7. The van der Waals surface area contributed by atoms with Crippen molar-refractivity contribution in [2.45, 2.75) is 77.0 Å². The zero-order valence-electron chi connectivity index (χ0n) is 23.1. The number of carbonyl (C=O) groups excluding carboxylic acids is 1. The average molecular weight is 555 g/mol. The fourth-order valence-electron chi connectivity index (χ4n) is 5.23. The van der Waals surface area contributed by atoms with Gasteiger partial charge >= 0.3 is 12.2 Å². The number of aryl methyl sites for hydroxylation is 1. The van der Waals surface area contributed by atoms with Crippen LogP contribution in [0.2, 0.25) is 0 Å². The van der Waals surface area contributed by atoms with E-state index in [-0.39, 0.29) is 30.5 Å². The lowest BCUT2D eigenvalue weighted by molar-refractivity contribution is 0.0597. The Morgan fingerprint density at radius 2 is 1.93 bits per heavy atom. The number of aromatic nitrogens is 3. The number of hydrogen-bond donors (Lipinski definition) is 3. The maximum atomic E-state index is 14.6. The molecule has 1 saturated heterocycles. The molecular formula is C28H35FN6O5. The largest absolute Gasteiger partial charge is 0.465 e. The summed E-state index contributed by atoms with van der Waals surface area (Å²) in [7, 11) is 0. The van der Waals surface area contributed by atoms with Gasteiger partial charge in [-0.05, 0) is 76.6 Å². The number of anilines is 3. The Hall–Kier alpha value is -3.93. The third-order valence-corrected chi connectivity index (χ3v) is 7.17. The quantitative estimate of drug-likeness (QED) is 0.400. The highest BCUT2D eigenvalue weighted by Crippen LogP contribution is 2.40. The van der Waals surface area contributed by atoms with Gasteiger partial charge in [0, 0.05) is 24.2 Å². The molecule has 2 amide bonds. The topological polar surface area (TPSA) is 133 Å². The Morgan fingerprint density at radius 3 is 2.55 bits per heavy atom. The molecule has 1 aromatic carbocycles. The zero-order valence-corrected chi connectivity index (χ0v) is 23.1. The molecule has 2 aliphatic rings. The Labute approximate surface area is 231 Å². The standard InChI is InChI=1S/C28H35FN6O5/c1-16-8-18(29)10-20(9-16)34(27(39)40-28(2,3)4)24-12-23(31-19-11-21(36)15-33(14-19)26(37)38)32-25-22(13-30-35(24)25)17-6-5-7-17/h8-10,12-13,17,19,21,36H,5-7,11,14-15H2,1-4H3,(H,31,32)(H,37,38)/t19-,21-/m0/s1. The molecule has 40 heavy (non-hydrogen) atoms. The number of aliphatic hydroxyl groups is 1. The summed E-state index contributed by atoms with van der Waals surface area (Å²) in [5.41, 5.74) is 1.53. The number of piperidine rings is 1. The number of nitrogens with one attached hydrogen (secondary N) is 1. The minimum absolute atomic E-state index is 0.0328. The van der Waals surface area contributed by atoms with Crippen molar-refractivity contribution in [3.63, 3.8) is 0 Å². The van der Waals surface area contributed by atoms with Gasteiger partial charge in [-0.25, -0.2) is 23.9 Å². The van der Waals surface area contributed by atoms with E-state index in [0.717, 1.165) is 29.7 Å². The summed E-state index contributed by atoms with van der Waals surface area (Å²) < 4.78 is 21.9. The van der Waals surface area contributed by atoms with Crippen LogP contribution in [0.25, 0.3) is 5.65 Å². The van der Waals surface area contributed by atoms with E-state index in [0.29, 0.717) is 23.4 Å². The highest BCUT2D eigenvalue weighted by Gasteiger charge is 2.33. The lowest BCUT2D eigenvalue weighted by Crippen LogP contribution is -2.50. The Morgan fingerprint density at radius 1 is 1.18 bits per heavy atom. The SMILES string of the molecule is Cc1cc(F)cc(N(C(=O)OC(C)(C)C)c2cc(N[C@H]3C[C@H](O)CN(C(=O)O)C3)nc3c(C4CCC4)cnn23)c1. The maximum Gasteiger partial charge on any atom is 0.420 e. The number of nitrogens with zero attached hydrogens (tertiary/aromatic N) is 5. The number of carboxylic acid groups (broad SMARTS) is 1. The Kier molecular flexibility index (Phi) is 7.30. The van der Waals surface area contributed by atoms with Gasteiger partial charge in [-0.1, -0.05) is 6.42 Å². The summed E-state index contributed by atoms with van der Waals surface area (Å²) in [5.74, 6) is 0.421. The maximum absolute atomic E-state index is 14.6. The van der Waals surface area contributed by atoms with Gasteiger partial charge in [0.1, 0.15) is 23.1 Å². The van der Waals surface area contributed by atoms with Crippen LogP contribution in [0.4, 0.5) is 31.3 Å². The van der Waals surface area contributed by atoms with Crippen molar-refractivity contribution in [2.75, 3.05) is 23.3 Å². The summed E-state index contributed by atoms with van der Waals surface area (Å²) in [6.45, 7) is 7.17. The second kappa shape index (κ2) is 10.6. The first kappa shape index (κ1) is 27.6. The molecule has 1 aliphatic carbocycles. The summed E-state index contributed by atoms with van der Waals surface area (Å²) in [6, 6.07) is 5.50. The molecule has 2 aromatic heterocycles. The van der Waals surface area contributed by atoms with Crippen molar-refractivity contribution in [2.24, 2.45) is 0 Å². The van der Waals surface area contributed by atoms with Crippen LogP contribution in [0.15, 0.2) is 30.5 Å². The highest BCUT2D eigenvalue weighted by atomic mass is 19.1. The van der Waals surface area contributed by atoms with Crippen molar-refractivity contribution < 1.29 is 28.9 Å². The summed E-state index contributed by atoms with van der Waals surface area (Å²) in [6.07, 6.45) is 2.50. The molecule has 5 rings (SSSR count). The van der Waals surface area contributed by atoms with Crippen molar-refractivity contribution in [3.8, 4) is 0 Å². The molecule has 1 saturated carbocycles.